The Morgan fingerprint density at radius 3 is 2.59 bits per heavy atom. The number of fused-ring (bicyclic) bond motifs is 4. The number of ether oxygens (including phenoxy) is 2. The van der Waals surface area contributed by atoms with Crippen LogP contribution < -0.4 is 10.3 Å². The van der Waals surface area contributed by atoms with Gasteiger partial charge in [-0.15, -0.1) is 0 Å². The minimum atomic E-state index is -3.95. The zero-order valence-electron chi connectivity index (χ0n) is 20.1. The molecule has 12 heteroatoms. The number of benzene rings is 2. The molecule has 192 valence electrons. The summed E-state index contributed by atoms with van der Waals surface area (Å²) in [5, 5.41) is 4.44. The molecule has 3 heterocycles. The number of nitrogens with zero attached hydrogens (tertiary/aromatic N) is 3. The van der Waals surface area contributed by atoms with Gasteiger partial charge in [-0.05, 0) is 47.0 Å². The summed E-state index contributed by atoms with van der Waals surface area (Å²) in [6.07, 6.45) is 1.69. The maximum absolute atomic E-state index is 16.4. The summed E-state index contributed by atoms with van der Waals surface area (Å²) in [4.78, 5) is 19.2. The Morgan fingerprint density at radius 2 is 1.89 bits per heavy atom. The van der Waals surface area contributed by atoms with Crippen molar-refractivity contribution in [2.75, 3.05) is 19.7 Å². The topological polar surface area (TPSA) is 116 Å². The van der Waals surface area contributed by atoms with Gasteiger partial charge >= 0.3 is 0 Å². The Hall–Kier alpha value is -3.90. The molecule has 0 aliphatic carbocycles. The van der Waals surface area contributed by atoms with E-state index in [9.17, 15) is 17.6 Å². The van der Waals surface area contributed by atoms with Crippen molar-refractivity contribution in [3.05, 3.63) is 64.1 Å². The fourth-order valence-corrected chi connectivity index (χ4v) is 5.22. The fraction of sp³-hybridized carbons (Fsp3) is 0.240. The fourth-order valence-electron chi connectivity index (χ4n) is 4.47. The van der Waals surface area contributed by atoms with E-state index >= 15 is 4.39 Å². The highest BCUT2D eigenvalue weighted by molar-refractivity contribution is 7.91. The number of aromatic amines is 1. The lowest BCUT2D eigenvalue weighted by atomic mass is 9.94. The molecular weight excluding hydrogens is 506 g/mol. The van der Waals surface area contributed by atoms with Gasteiger partial charge in [0.2, 0.25) is 15.0 Å². The Bertz CT molecular complexity index is 1870. The first kappa shape index (κ1) is 24.8. The molecule has 0 atom stereocenters. The largest absolute Gasteiger partial charge is 0.468 e. The Kier molecular flexibility index (Phi) is 6.16. The number of pyridine rings is 1. The van der Waals surface area contributed by atoms with E-state index in [0.29, 0.717) is 28.5 Å². The van der Waals surface area contributed by atoms with E-state index in [0.717, 1.165) is 0 Å². The molecule has 5 aromatic rings. The van der Waals surface area contributed by atoms with Crippen molar-refractivity contribution in [1.82, 2.24) is 19.6 Å². The van der Waals surface area contributed by atoms with E-state index in [2.05, 4.69) is 15.1 Å². The number of aromatic nitrogens is 4. The third-order valence-electron chi connectivity index (χ3n) is 6.19. The average molecular weight is 529 g/mol. The maximum atomic E-state index is 16.4. The number of hydrogen-bond acceptors (Lipinski definition) is 7. The van der Waals surface area contributed by atoms with Crippen LogP contribution in [0.25, 0.3) is 38.4 Å². The van der Waals surface area contributed by atoms with Crippen LogP contribution in [-0.2, 0) is 21.0 Å². The molecule has 0 bridgehead atoms. The molecule has 1 N–H and O–H groups in total. The van der Waals surface area contributed by atoms with Gasteiger partial charge < -0.3 is 9.47 Å². The van der Waals surface area contributed by atoms with Gasteiger partial charge in [-0.3, -0.25) is 9.78 Å². The van der Waals surface area contributed by atoms with Crippen LogP contribution in [0.1, 0.15) is 19.4 Å². The molecule has 0 aliphatic rings. The normalized spacial score (nSPS) is 12.1. The standard InChI is InChI=1S/C25H22F2N4O5S/c1-4-15-17(26)7-6-13-10-14(36-12-35-3)11-16(19(13)15)23-21(27)22-20(18-8-9-28-31(18)23)24(32)30-25(29-22)37(33,34)5-2/h6-11H,4-5,12H2,1-3H3,(H,29,30,32). The van der Waals surface area contributed by atoms with Crippen molar-refractivity contribution < 1.29 is 26.7 Å². The van der Waals surface area contributed by atoms with E-state index in [1.54, 1.807) is 19.1 Å². The van der Waals surface area contributed by atoms with Crippen LogP contribution >= 0.6 is 0 Å². The number of methoxy groups -OCH3 is 1. The molecule has 3 aromatic heterocycles. The second-order valence-electron chi connectivity index (χ2n) is 8.29. The number of halogens is 2. The van der Waals surface area contributed by atoms with Crippen molar-refractivity contribution >= 4 is 37.0 Å². The molecule has 0 spiro atoms. The predicted molar refractivity (Wildman–Crippen MR) is 134 cm³/mol. The lowest BCUT2D eigenvalue weighted by molar-refractivity contribution is 0.0512. The van der Waals surface area contributed by atoms with E-state index in [4.69, 9.17) is 9.47 Å². The first-order chi connectivity index (χ1) is 17.7. The smallest absolute Gasteiger partial charge is 0.261 e. The molecule has 37 heavy (non-hydrogen) atoms. The molecule has 0 saturated heterocycles. The molecule has 2 aromatic carbocycles. The van der Waals surface area contributed by atoms with E-state index in [-0.39, 0.29) is 34.7 Å². The van der Waals surface area contributed by atoms with Gasteiger partial charge in [-0.2, -0.15) is 5.10 Å². The summed E-state index contributed by atoms with van der Waals surface area (Å²) in [7, 11) is -2.50. The van der Waals surface area contributed by atoms with Gasteiger partial charge in [0.1, 0.15) is 22.8 Å². The second-order valence-corrected chi connectivity index (χ2v) is 10.5. The van der Waals surface area contributed by atoms with E-state index in [1.807, 2.05) is 0 Å². The van der Waals surface area contributed by atoms with Gasteiger partial charge in [-0.1, -0.05) is 19.9 Å². The average Bonchev–Trinajstić information content (AvgIpc) is 3.36. The quantitative estimate of drug-likeness (QED) is 0.251. The van der Waals surface area contributed by atoms with Crippen LogP contribution in [0.15, 0.2) is 46.5 Å². The molecule has 0 unspecified atom stereocenters. The van der Waals surface area contributed by atoms with Gasteiger partial charge in [0.25, 0.3) is 5.56 Å². The molecule has 0 amide bonds. The lowest BCUT2D eigenvalue weighted by Gasteiger charge is -2.17. The first-order valence-electron chi connectivity index (χ1n) is 11.4. The van der Waals surface area contributed by atoms with Crippen LogP contribution in [0, 0.1) is 11.6 Å². The summed E-state index contributed by atoms with van der Waals surface area (Å²) >= 11 is 0. The van der Waals surface area contributed by atoms with Crippen LogP contribution in [0.3, 0.4) is 0 Å². The Labute approximate surface area is 209 Å². The van der Waals surface area contributed by atoms with Gasteiger partial charge in [0.05, 0.1) is 22.9 Å². The van der Waals surface area contributed by atoms with Gasteiger partial charge in [0.15, 0.2) is 12.6 Å². The molecule has 0 fully saturated rings. The number of sulfone groups is 1. The summed E-state index contributed by atoms with van der Waals surface area (Å²) in [5.74, 6) is -1.47. The monoisotopic (exact) mass is 528 g/mol. The minimum absolute atomic E-state index is 0.0840. The summed E-state index contributed by atoms with van der Waals surface area (Å²) in [6, 6.07) is 7.59. The minimum Gasteiger partial charge on any atom is -0.468 e. The van der Waals surface area contributed by atoms with Crippen molar-refractivity contribution in [3.63, 3.8) is 0 Å². The Morgan fingerprint density at radius 1 is 1.11 bits per heavy atom. The highest BCUT2D eigenvalue weighted by atomic mass is 32.2. The number of hydrogen-bond donors (Lipinski definition) is 1. The van der Waals surface area contributed by atoms with Crippen LogP contribution in [-0.4, -0.2) is 47.7 Å². The molecule has 5 rings (SSSR count). The van der Waals surface area contributed by atoms with Crippen molar-refractivity contribution in [1.29, 1.82) is 0 Å². The zero-order chi connectivity index (χ0) is 26.5. The van der Waals surface area contributed by atoms with Crippen LogP contribution in [0.4, 0.5) is 8.78 Å². The highest BCUT2D eigenvalue weighted by Crippen LogP contribution is 2.39. The summed E-state index contributed by atoms with van der Waals surface area (Å²) in [6.45, 7) is 3.08. The summed E-state index contributed by atoms with van der Waals surface area (Å²) in [5.41, 5.74) is -0.612. The number of H-pyrrole nitrogens is 1. The predicted octanol–water partition coefficient (Wildman–Crippen LogP) is 4.01. The zero-order valence-corrected chi connectivity index (χ0v) is 20.9. The number of aryl methyl sites for hydroxylation is 1. The third-order valence-corrected chi connectivity index (χ3v) is 7.74. The summed E-state index contributed by atoms with van der Waals surface area (Å²) < 4.78 is 68.1. The Balaban J connectivity index is 1.98. The molecular formula is C25H22F2N4O5S. The maximum Gasteiger partial charge on any atom is 0.261 e. The van der Waals surface area contributed by atoms with Crippen molar-refractivity contribution in [3.8, 4) is 17.0 Å². The first-order valence-corrected chi connectivity index (χ1v) is 13.1. The third kappa shape index (κ3) is 3.92. The van der Waals surface area contributed by atoms with E-state index in [1.165, 1.54) is 42.9 Å². The van der Waals surface area contributed by atoms with Crippen LogP contribution in [0.2, 0.25) is 0 Å². The second kappa shape index (κ2) is 9.20. The molecule has 9 nitrogen and oxygen atoms in total. The van der Waals surface area contributed by atoms with E-state index < -0.39 is 37.7 Å². The number of nitrogens with one attached hydrogen (secondary N) is 1. The van der Waals surface area contributed by atoms with Gasteiger partial charge in [0, 0.05) is 12.7 Å². The SMILES string of the molecule is CCc1c(F)ccc2cc(OCOC)cc(-c3c(F)c4nc(S(=O)(=O)CC)[nH]c(=O)c4c4ccnn34)c12. The van der Waals surface area contributed by atoms with Gasteiger partial charge in [-0.25, -0.2) is 26.7 Å². The van der Waals surface area contributed by atoms with Crippen LogP contribution in [0.5, 0.6) is 5.75 Å². The molecule has 0 saturated carbocycles. The lowest BCUT2D eigenvalue weighted by Crippen LogP contribution is -2.19. The number of rotatable bonds is 7. The molecule has 0 radical (unpaired) electrons. The van der Waals surface area contributed by atoms with Crippen molar-refractivity contribution in [2.24, 2.45) is 0 Å². The van der Waals surface area contributed by atoms with Crippen molar-refractivity contribution in [2.45, 2.75) is 25.4 Å². The molecule has 0 aliphatic heterocycles. The highest BCUT2D eigenvalue weighted by Gasteiger charge is 2.26.